The normalized spacial score (nSPS) is 20.9. The van der Waals surface area contributed by atoms with Gasteiger partial charge in [-0.15, -0.1) is 0 Å². The van der Waals surface area contributed by atoms with Gasteiger partial charge >= 0.3 is 6.18 Å². The van der Waals surface area contributed by atoms with Gasteiger partial charge in [-0.25, -0.2) is 0 Å². The zero-order chi connectivity index (χ0) is 12.9. The summed E-state index contributed by atoms with van der Waals surface area (Å²) in [6.07, 6.45) is -3.36. The zero-order valence-electron chi connectivity index (χ0n) is 9.30. The maximum absolute atomic E-state index is 11.8. The molecule has 1 fully saturated rings. The fourth-order valence-corrected chi connectivity index (χ4v) is 2.22. The highest BCUT2D eigenvalue weighted by Gasteiger charge is 2.28. The van der Waals surface area contributed by atoms with E-state index in [0.717, 1.165) is 11.8 Å². The lowest BCUT2D eigenvalue weighted by Crippen LogP contribution is -2.30. The molecule has 1 atom stereocenters. The third kappa shape index (κ3) is 5.72. The van der Waals surface area contributed by atoms with Crippen LogP contribution in [0.25, 0.3) is 0 Å². The molecule has 100 valence electrons. The largest absolute Gasteiger partial charge is 0.411 e. The Kier molecular flexibility index (Phi) is 5.72. The molecular formula is C10H15BrF3NO2. The van der Waals surface area contributed by atoms with Crippen molar-refractivity contribution in [3.63, 3.8) is 0 Å². The fraction of sp³-hybridized carbons (Fsp3) is 0.900. The molecule has 0 aromatic rings. The number of likely N-dealkylation sites (tertiary alicyclic amines) is 1. The van der Waals surface area contributed by atoms with Crippen LogP contribution in [0.2, 0.25) is 0 Å². The van der Waals surface area contributed by atoms with Gasteiger partial charge in [0.05, 0.1) is 13.0 Å². The lowest BCUT2D eigenvalue weighted by Gasteiger charge is -2.16. The Bertz CT molecular complexity index is 260. The molecule has 0 N–H and O–H groups in total. The third-order valence-electron chi connectivity index (χ3n) is 2.58. The first-order valence-corrected chi connectivity index (χ1v) is 6.53. The van der Waals surface area contributed by atoms with Crippen molar-refractivity contribution < 1.29 is 22.7 Å². The maximum atomic E-state index is 11.8. The monoisotopic (exact) mass is 317 g/mol. The summed E-state index contributed by atoms with van der Waals surface area (Å²) in [5.74, 6) is 0.325. The van der Waals surface area contributed by atoms with E-state index in [9.17, 15) is 18.0 Å². The smallest absolute Gasteiger partial charge is 0.372 e. The molecule has 1 aliphatic heterocycles. The number of amides is 1. The van der Waals surface area contributed by atoms with E-state index in [0.29, 0.717) is 19.0 Å². The van der Waals surface area contributed by atoms with Crippen molar-refractivity contribution in [2.45, 2.75) is 19.0 Å². The number of hydrogen-bond acceptors (Lipinski definition) is 2. The molecule has 0 radical (unpaired) electrons. The minimum absolute atomic E-state index is 0.0189. The summed E-state index contributed by atoms with van der Waals surface area (Å²) in [7, 11) is 0. The van der Waals surface area contributed by atoms with Gasteiger partial charge in [-0.1, -0.05) is 15.9 Å². The van der Waals surface area contributed by atoms with Crippen molar-refractivity contribution in [2.24, 2.45) is 5.92 Å². The average molecular weight is 318 g/mol. The second-order valence-corrected chi connectivity index (χ2v) is 4.71. The van der Waals surface area contributed by atoms with E-state index in [2.05, 4.69) is 20.7 Å². The first-order valence-electron chi connectivity index (χ1n) is 5.40. The van der Waals surface area contributed by atoms with E-state index in [1.54, 1.807) is 4.90 Å². The molecule has 0 bridgehead atoms. The molecule has 0 saturated carbocycles. The summed E-state index contributed by atoms with van der Waals surface area (Å²) in [6, 6.07) is 0. The number of halogens is 4. The second kappa shape index (κ2) is 6.58. The van der Waals surface area contributed by atoms with Crippen LogP contribution in [0.5, 0.6) is 0 Å². The Labute approximate surface area is 106 Å². The van der Waals surface area contributed by atoms with E-state index in [-0.39, 0.29) is 18.9 Å². The molecule has 1 unspecified atom stereocenters. The summed E-state index contributed by atoms with van der Waals surface area (Å²) in [5.41, 5.74) is 0. The van der Waals surface area contributed by atoms with Crippen LogP contribution in [0.4, 0.5) is 13.2 Å². The number of carbonyl (C=O) groups excluding carboxylic acids is 1. The van der Waals surface area contributed by atoms with Crippen molar-refractivity contribution in [1.82, 2.24) is 4.90 Å². The molecule has 0 aliphatic carbocycles. The number of hydrogen-bond donors (Lipinski definition) is 0. The number of rotatable bonds is 5. The zero-order valence-corrected chi connectivity index (χ0v) is 10.9. The Balaban J connectivity index is 2.14. The molecule has 1 rings (SSSR count). The Morgan fingerprint density at radius 3 is 2.71 bits per heavy atom. The molecular weight excluding hydrogens is 303 g/mol. The highest BCUT2D eigenvalue weighted by atomic mass is 79.9. The highest BCUT2D eigenvalue weighted by molar-refractivity contribution is 9.09. The van der Waals surface area contributed by atoms with Crippen LogP contribution in [0.1, 0.15) is 12.8 Å². The molecule has 0 aromatic carbocycles. The van der Waals surface area contributed by atoms with Crippen LogP contribution in [0.15, 0.2) is 0 Å². The Morgan fingerprint density at radius 1 is 1.47 bits per heavy atom. The molecule has 1 aliphatic rings. The summed E-state index contributed by atoms with van der Waals surface area (Å²) in [6.45, 7) is -0.0874. The number of ether oxygens (including phenoxy) is 1. The first kappa shape index (κ1) is 14.8. The van der Waals surface area contributed by atoms with Gasteiger partial charge in [-0.05, 0) is 12.3 Å². The van der Waals surface area contributed by atoms with Gasteiger partial charge in [0, 0.05) is 18.4 Å². The summed E-state index contributed by atoms with van der Waals surface area (Å²) in [5, 5.41) is 0.849. The summed E-state index contributed by atoms with van der Waals surface area (Å²) in [4.78, 5) is 13.3. The van der Waals surface area contributed by atoms with Crippen molar-refractivity contribution in [2.75, 3.05) is 31.6 Å². The molecule has 0 aromatic heterocycles. The second-order valence-electron chi connectivity index (χ2n) is 4.07. The van der Waals surface area contributed by atoms with Crippen LogP contribution in [-0.4, -0.2) is 48.6 Å². The molecule has 3 nitrogen and oxygen atoms in total. The van der Waals surface area contributed by atoms with Crippen molar-refractivity contribution >= 4 is 21.8 Å². The minimum Gasteiger partial charge on any atom is -0.372 e. The van der Waals surface area contributed by atoms with Crippen LogP contribution < -0.4 is 0 Å². The van der Waals surface area contributed by atoms with Gasteiger partial charge in [0.2, 0.25) is 5.91 Å². The van der Waals surface area contributed by atoms with Crippen molar-refractivity contribution in [3.8, 4) is 0 Å². The molecule has 17 heavy (non-hydrogen) atoms. The molecule has 0 spiro atoms. The fourth-order valence-electron chi connectivity index (χ4n) is 1.69. The topological polar surface area (TPSA) is 29.5 Å². The lowest BCUT2D eigenvalue weighted by atomic mass is 10.2. The van der Waals surface area contributed by atoms with Gasteiger partial charge < -0.3 is 9.64 Å². The number of alkyl halides is 4. The van der Waals surface area contributed by atoms with Crippen molar-refractivity contribution in [1.29, 1.82) is 0 Å². The Morgan fingerprint density at radius 2 is 2.18 bits per heavy atom. The summed E-state index contributed by atoms with van der Waals surface area (Å²) < 4.78 is 39.7. The van der Waals surface area contributed by atoms with Crippen LogP contribution >= 0.6 is 15.9 Å². The van der Waals surface area contributed by atoms with Gasteiger partial charge in [-0.2, -0.15) is 13.2 Å². The van der Waals surface area contributed by atoms with E-state index in [4.69, 9.17) is 0 Å². The van der Waals surface area contributed by atoms with Gasteiger partial charge in [-0.3, -0.25) is 4.79 Å². The number of nitrogens with zero attached hydrogens (tertiary/aromatic N) is 1. The SMILES string of the molecule is O=C(CCOCC(F)(F)F)N1CCC(CBr)C1. The molecule has 1 saturated heterocycles. The predicted molar refractivity (Wildman–Crippen MR) is 60.0 cm³/mol. The standard InChI is InChI=1S/C10H15BrF3NO2/c11-5-8-1-3-15(6-8)9(16)2-4-17-7-10(12,13)14/h8H,1-7H2. The molecule has 1 heterocycles. The van der Waals surface area contributed by atoms with E-state index in [1.165, 1.54) is 0 Å². The lowest BCUT2D eigenvalue weighted by molar-refractivity contribution is -0.175. The van der Waals surface area contributed by atoms with Gasteiger partial charge in [0.1, 0.15) is 6.61 Å². The van der Waals surface area contributed by atoms with E-state index >= 15 is 0 Å². The Hall–Kier alpha value is -0.300. The van der Waals surface area contributed by atoms with Gasteiger partial charge in [0.15, 0.2) is 0 Å². The van der Waals surface area contributed by atoms with Crippen LogP contribution in [0, 0.1) is 5.92 Å². The van der Waals surface area contributed by atoms with E-state index in [1.807, 2.05) is 0 Å². The summed E-state index contributed by atoms with van der Waals surface area (Å²) >= 11 is 3.35. The molecule has 1 amide bonds. The van der Waals surface area contributed by atoms with E-state index < -0.39 is 12.8 Å². The maximum Gasteiger partial charge on any atom is 0.411 e. The van der Waals surface area contributed by atoms with Crippen LogP contribution in [0.3, 0.4) is 0 Å². The van der Waals surface area contributed by atoms with Crippen LogP contribution in [-0.2, 0) is 9.53 Å². The minimum atomic E-state index is -4.32. The van der Waals surface area contributed by atoms with Gasteiger partial charge in [0.25, 0.3) is 0 Å². The average Bonchev–Trinajstić information content (AvgIpc) is 2.71. The predicted octanol–water partition coefficient (Wildman–Crippen LogP) is 2.20. The quantitative estimate of drug-likeness (QED) is 0.574. The van der Waals surface area contributed by atoms with Crippen molar-refractivity contribution in [3.05, 3.63) is 0 Å². The third-order valence-corrected chi connectivity index (χ3v) is 3.50. The first-order chi connectivity index (χ1) is 7.92. The molecule has 7 heteroatoms. The number of carbonyl (C=O) groups is 1. The highest BCUT2D eigenvalue weighted by Crippen LogP contribution is 2.19.